The molecule has 0 unspecified atom stereocenters. The van der Waals surface area contributed by atoms with Gasteiger partial charge in [0.25, 0.3) is 5.91 Å². The van der Waals surface area contributed by atoms with E-state index in [-0.39, 0.29) is 17.6 Å². The van der Waals surface area contributed by atoms with Crippen molar-refractivity contribution in [2.24, 2.45) is 7.05 Å². The lowest BCUT2D eigenvalue weighted by molar-refractivity contribution is 0.0340. The molecule has 166 valence electrons. The molecule has 1 fully saturated rings. The number of fused-ring (bicyclic) bond motifs is 1. The molecule has 32 heavy (non-hydrogen) atoms. The van der Waals surface area contributed by atoms with Gasteiger partial charge in [-0.2, -0.15) is 10.1 Å². The Bertz CT molecular complexity index is 1180. The van der Waals surface area contributed by atoms with Gasteiger partial charge in [-0.3, -0.25) is 14.4 Å². The monoisotopic (exact) mass is 434 g/mol. The van der Waals surface area contributed by atoms with Crippen LogP contribution in [0.4, 0.5) is 5.82 Å². The molecule has 0 aliphatic carbocycles. The molecular formula is C23H26N6O3. The van der Waals surface area contributed by atoms with E-state index >= 15 is 0 Å². The second kappa shape index (κ2) is 7.59. The predicted octanol–water partition coefficient (Wildman–Crippen LogP) is 2.54. The molecule has 2 aliphatic rings. The van der Waals surface area contributed by atoms with E-state index in [1.165, 1.54) is 0 Å². The predicted molar refractivity (Wildman–Crippen MR) is 119 cm³/mol. The second-order valence-electron chi connectivity index (χ2n) is 9.07. The summed E-state index contributed by atoms with van der Waals surface area (Å²) in [6.45, 7) is 5.59. The van der Waals surface area contributed by atoms with Crippen LogP contribution < -0.4 is 14.8 Å². The van der Waals surface area contributed by atoms with Crippen LogP contribution in [0.3, 0.4) is 0 Å². The first-order valence-electron chi connectivity index (χ1n) is 10.6. The smallest absolute Gasteiger partial charge is 0.262 e. The molecule has 9 nitrogen and oxygen atoms in total. The molecule has 2 aliphatic heterocycles. The molecule has 1 N–H and O–H groups in total. The van der Waals surface area contributed by atoms with Gasteiger partial charge < -0.3 is 14.8 Å². The van der Waals surface area contributed by atoms with E-state index in [0.29, 0.717) is 29.6 Å². The van der Waals surface area contributed by atoms with E-state index in [1.807, 2.05) is 52.3 Å². The zero-order valence-corrected chi connectivity index (χ0v) is 18.6. The van der Waals surface area contributed by atoms with Crippen LogP contribution in [0.5, 0.6) is 11.8 Å². The van der Waals surface area contributed by atoms with Crippen LogP contribution in [0.25, 0.3) is 11.3 Å². The highest BCUT2D eigenvalue weighted by atomic mass is 16.5. The van der Waals surface area contributed by atoms with Gasteiger partial charge in [-0.15, -0.1) is 0 Å². The lowest BCUT2D eigenvalue weighted by Gasteiger charge is -2.35. The van der Waals surface area contributed by atoms with Crippen molar-refractivity contribution in [2.75, 3.05) is 25.5 Å². The maximum atomic E-state index is 13.3. The fraction of sp³-hybridized carbons (Fsp3) is 0.391. The molecule has 5 heterocycles. The number of hydrogen-bond acceptors (Lipinski definition) is 7. The lowest BCUT2D eigenvalue weighted by atomic mass is 10.0. The Labute approximate surface area is 186 Å². The molecule has 0 atom stereocenters. The summed E-state index contributed by atoms with van der Waals surface area (Å²) in [4.78, 5) is 24.5. The van der Waals surface area contributed by atoms with E-state index in [2.05, 4.69) is 25.3 Å². The maximum absolute atomic E-state index is 13.3. The molecule has 0 aromatic carbocycles. The van der Waals surface area contributed by atoms with Crippen molar-refractivity contribution in [3.8, 4) is 23.0 Å². The highest BCUT2D eigenvalue weighted by Gasteiger charge is 2.35. The molecule has 9 heteroatoms. The summed E-state index contributed by atoms with van der Waals surface area (Å²) >= 11 is 0. The molecule has 0 bridgehead atoms. The van der Waals surface area contributed by atoms with Crippen molar-refractivity contribution in [3.63, 3.8) is 0 Å². The van der Waals surface area contributed by atoms with Gasteiger partial charge in [0.15, 0.2) is 0 Å². The molecule has 0 spiro atoms. The second-order valence-corrected chi connectivity index (χ2v) is 9.07. The molecule has 0 radical (unpaired) electrons. The summed E-state index contributed by atoms with van der Waals surface area (Å²) in [7, 11) is 3.87. The maximum Gasteiger partial charge on any atom is 0.262 e. The minimum atomic E-state index is -0.363. The van der Waals surface area contributed by atoms with E-state index in [0.717, 1.165) is 29.9 Å². The number of likely N-dealkylation sites (tertiary alicyclic amines) is 1. The number of nitrogens with one attached hydrogen (secondary N) is 1. The van der Waals surface area contributed by atoms with Crippen molar-refractivity contribution in [2.45, 2.75) is 32.0 Å². The average molecular weight is 435 g/mol. The number of pyridine rings is 2. The summed E-state index contributed by atoms with van der Waals surface area (Å²) in [5.41, 5.74) is 2.52. The van der Waals surface area contributed by atoms with Crippen LogP contribution >= 0.6 is 0 Å². The number of ether oxygens (including phenoxy) is 2. The minimum absolute atomic E-state index is 0.00135. The molecule has 1 saturated heterocycles. The van der Waals surface area contributed by atoms with Gasteiger partial charge in [0.1, 0.15) is 23.1 Å². The Balaban J connectivity index is 1.42. The first-order valence-corrected chi connectivity index (χ1v) is 10.6. The fourth-order valence-electron chi connectivity index (χ4n) is 4.02. The third-order valence-electron chi connectivity index (χ3n) is 5.56. The normalized spacial score (nSPS) is 17.4. The van der Waals surface area contributed by atoms with Crippen LogP contribution in [-0.4, -0.2) is 62.4 Å². The zero-order chi connectivity index (χ0) is 22.5. The number of amides is 1. The zero-order valence-electron chi connectivity index (χ0n) is 18.6. The Hall–Kier alpha value is -3.46. The summed E-state index contributed by atoms with van der Waals surface area (Å²) in [6.07, 6.45) is 4.29. The Morgan fingerprint density at radius 2 is 2.06 bits per heavy atom. The number of aromatic nitrogens is 4. The van der Waals surface area contributed by atoms with Gasteiger partial charge in [-0.25, -0.2) is 4.98 Å². The first kappa shape index (κ1) is 20.4. The summed E-state index contributed by atoms with van der Waals surface area (Å²) in [6, 6.07) is 7.32. The van der Waals surface area contributed by atoms with Gasteiger partial charge in [0, 0.05) is 43.9 Å². The first-order chi connectivity index (χ1) is 15.3. The van der Waals surface area contributed by atoms with Crippen LogP contribution in [0.1, 0.15) is 29.8 Å². The van der Waals surface area contributed by atoms with Crippen molar-refractivity contribution in [1.82, 2.24) is 24.6 Å². The highest BCUT2D eigenvalue weighted by molar-refractivity contribution is 6.05. The van der Waals surface area contributed by atoms with Crippen LogP contribution in [-0.2, 0) is 13.5 Å². The average Bonchev–Trinajstić information content (AvgIpc) is 3.27. The molecule has 5 rings (SSSR count). The van der Waals surface area contributed by atoms with Crippen LogP contribution in [0.2, 0.25) is 0 Å². The molecule has 3 aromatic heterocycles. The SMILES string of the molecule is CN1CC(Oc2nc3c(cc2C(=O)Nc2cccc(-c4cnn(C)c4)n2)CC(C)(C)O3)C1. The number of rotatable bonds is 5. The topological polar surface area (TPSA) is 94.4 Å². The van der Waals surface area contributed by atoms with Gasteiger partial charge >= 0.3 is 0 Å². The Kier molecular flexibility index (Phi) is 4.85. The third kappa shape index (κ3) is 4.03. The lowest BCUT2D eigenvalue weighted by Crippen LogP contribution is -2.51. The van der Waals surface area contributed by atoms with Gasteiger partial charge in [0.05, 0.1) is 11.9 Å². The molecule has 1 amide bonds. The quantitative estimate of drug-likeness (QED) is 0.659. The van der Waals surface area contributed by atoms with Gasteiger partial charge in [-0.05, 0) is 39.1 Å². The number of anilines is 1. The van der Waals surface area contributed by atoms with Crippen molar-refractivity contribution in [3.05, 3.63) is 47.8 Å². The van der Waals surface area contributed by atoms with Gasteiger partial charge in [0.2, 0.25) is 11.8 Å². The number of nitrogens with zero attached hydrogens (tertiary/aromatic N) is 5. The molecule has 3 aromatic rings. The van der Waals surface area contributed by atoms with Crippen molar-refractivity contribution >= 4 is 11.7 Å². The number of carbonyl (C=O) groups excluding carboxylic acids is 1. The van der Waals surface area contributed by atoms with Crippen LogP contribution in [0, 0.1) is 0 Å². The van der Waals surface area contributed by atoms with Gasteiger partial charge in [-0.1, -0.05) is 6.07 Å². The number of aryl methyl sites for hydroxylation is 1. The van der Waals surface area contributed by atoms with Crippen molar-refractivity contribution < 1.29 is 14.3 Å². The van der Waals surface area contributed by atoms with E-state index in [9.17, 15) is 4.79 Å². The summed E-state index contributed by atoms with van der Waals surface area (Å²) in [5, 5.41) is 7.08. The number of carbonyl (C=O) groups is 1. The van der Waals surface area contributed by atoms with E-state index in [4.69, 9.17) is 9.47 Å². The Morgan fingerprint density at radius 3 is 2.78 bits per heavy atom. The van der Waals surface area contributed by atoms with Crippen molar-refractivity contribution in [1.29, 1.82) is 0 Å². The highest BCUT2D eigenvalue weighted by Crippen LogP contribution is 2.37. The summed E-state index contributed by atoms with van der Waals surface area (Å²) in [5.74, 6) is 0.956. The fourth-order valence-corrected chi connectivity index (χ4v) is 4.02. The molecular weight excluding hydrogens is 408 g/mol. The third-order valence-corrected chi connectivity index (χ3v) is 5.56. The Morgan fingerprint density at radius 1 is 1.25 bits per heavy atom. The molecule has 0 saturated carbocycles. The summed E-state index contributed by atoms with van der Waals surface area (Å²) < 4.78 is 13.7. The van der Waals surface area contributed by atoms with Crippen LogP contribution in [0.15, 0.2) is 36.7 Å². The standard InChI is InChI=1S/C23H26N6O3/c1-23(2)9-14-8-17(22(27-21(14)32-23)31-16-12-28(3)13-16)20(30)26-19-7-5-6-18(25-19)15-10-24-29(4)11-15/h5-8,10-11,16H,9,12-13H2,1-4H3,(H,25,26,30). The van der Waals surface area contributed by atoms with E-state index < -0.39 is 0 Å². The number of likely N-dealkylation sites (N-methyl/N-ethyl adjacent to an activating group) is 1. The largest absolute Gasteiger partial charge is 0.471 e. The number of hydrogen-bond donors (Lipinski definition) is 1. The van der Waals surface area contributed by atoms with E-state index in [1.54, 1.807) is 16.9 Å². The minimum Gasteiger partial charge on any atom is -0.471 e.